The molecular weight excluding hydrogens is 266 g/mol. The lowest BCUT2D eigenvalue weighted by molar-refractivity contribution is -0.00665. The van der Waals surface area contributed by atoms with E-state index in [0.29, 0.717) is 0 Å². The molecule has 4 heteroatoms. The molecule has 0 spiro atoms. The molecule has 0 bridgehead atoms. The number of ether oxygens (including phenoxy) is 1. The fourth-order valence-electron chi connectivity index (χ4n) is 2.60. The number of hydrogen-bond donors (Lipinski definition) is 1. The third kappa shape index (κ3) is 3.95. The van der Waals surface area contributed by atoms with Crippen molar-refractivity contribution in [3.63, 3.8) is 0 Å². The first-order valence-corrected chi connectivity index (χ1v) is 7.96. The Labute approximate surface area is 119 Å². The second kappa shape index (κ2) is 6.90. The summed E-state index contributed by atoms with van der Waals surface area (Å²) >= 11 is 7.72. The summed E-state index contributed by atoms with van der Waals surface area (Å²) in [4.78, 5) is 1.38. The Morgan fingerprint density at radius 2 is 2.39 bits per heavy atom. The molecular formula is C14H22ClNOS. The molecule has 2 nitrogen and oxygen atoms in total. The Bertz CT molecular complexity index is 360. The molecule has 0 aromatic carbocycles. The van der Waals surface area contributed by atoms with E-state index in [1.807, 2.05) is 6.07 Å². The van der Waals surface area contributed by atoms with Gasteiger partial charge in [-0.25, -0.2) is 0 Å². The maximum Gasteiger partial charge on any atom is 0.0931 e. The Hall–Kier alpha value is -0.0900. The predicted octanol–water partition coefficient (Wildman–Crippen LogP) is 3.74. The molecule has 1 aromatic rings. The highest BCUT2D eigenvalue weighted by Crippen LogP contribution is 2.35. The van der Waals surface area contributed by atoms with Crippen LogP contribution < -0.4 is 5.32 Å². The molecule has 1 aliphatic heterocycles. The molecule has 1 atom stereocenters. The molecule has 0 aliphatic carbocycles. The van der Waals surface area contributed by atoms with E-state index in [9.17, 15) is 0 Å². The van der Waals surface area contributed by atoms with Crippen LogP contribution >= 0.6 is 22.9 Å². The van der Waals surface area contributed by atoms with Crippen molar-refractivity contribution in [3.05, 3.63) is 21.3 Å². The molecule has 1 N–H and O–H groups in total. The normalized spacial score (nSPS) is 24.3. The van der Waals surface area contributed by atoms with Gasteiger partial charge >= 0.3 is 0 Å². The summed E-state index contributed by atoms with van der Waals surface area (Å²) in [7, 11) is 0. The van der Waals surface area contributed by atoms with Crippen molar-refractivity contribution in [2.75, 3.05) is 26.3 Å². The zero-order valence-corrected chi connectivity index (χ0v) is 12.6. The molecule has 1 aromatic heterocycles. The van der Waals surface area contributed by atoms with Crippen molar-refractivity contribution < 1.29 is 4.74 Å². The number of thiophene rings is 1. The van der Waals surface area contributed by atoms with Gasteiger partial charge in [-0.15, -0.1) is 11.3 Å². The monoisotopic (exact) mass is 287 g/mol. The van der Waals surface area contributed by atoms with Gasteiger partial charge in [-0.3, -0.25) is 0 Å². The lowest BCUT2D eigenvalue weighted by atomic mass is 9.79. The van der Waals surface area contributed by atoms with Crippen molar-refractivity contribution in [3.8, 4) is 0 Å². The zero-order valence-electron chi connectivity index (χ0n) is 11.0. The van der Waals surface area contributed by atoms with Gasteiger partial charge in [0.25, 0.3) is 0 Å². The van der Waals surface area contributed by atoms with E-state index in [0.717, 1.165) is 37.1 Å². The lowest BCUT2D eigenvalue weighted by Crippen LogP contribution is -2.42. The van der Waals surface area contributed by atoms with Crippen molar-refractivity contribution in [2.45, 2.75) is 32.6 Å². The summed E-state index contributed by atoms with van der Waals surface area (Å²) in [5, 5.41) is 3.56. The van der Waals surface area contributed by atoms with Gasteiger partial charge in [0.15, 0.2) is 0 Å². The summed E-state index contributed by atoms with van der Waals surface area (Å²) in [5.41, 5.74) is 0.265. The molecule has 1 fully saturated rings. The van der Waals surface area contributed by atoms with E-state index in [-0.39, 0.29) is 5.41 Å². The topological polar surface area (TPSA) is 21.3 Å². The Balaban J connectivity index is 1.99. The maximum atomic E-state index is 6.02. The molecule has 18 heavy (non-hydrogen) atoms. The third-order valence-electron chi connectivity index (χ3n) is 3.51. The molecule has 0 radical (unpaired) electrons. The van der Waals surface area contributed by atoms with Crippen molar-refractivity contribution in [1.29, 1.82) is 0 Å². The number of halogens is 1. The number of nitrogens with one attached hydrogen (secondary N) is 1. The minimum Gasteiger partial charge on any atom is -0.381 e. The summed E-state index contributed by atoms with van der Waals surface area (Å²) in [5.74, 6) is 0. The van der Waals surface area contributed by atoms with Crippen molar-refractivity contribution >= 4 is 22.9 Å². The van der Waals surface area contributed by atoms with Gasteiger partial charge in [-0.2, -0.15) is 0 Å². The molecule has 1 unspecified atom stereocenters. The van der Waals surface area contributed by atoms with E-state index in [1.165, 1.54) is 24.1 Å². The van der Waals surface area contributed by atoms with E-state index in [1.54, 1.807) is 11.3 Å². The van der Waals surface area contributed by atoms with E-state index in [4.69, 9.17) is 16.3 Å². The standard InChI is InChI=1S/C14H22ClNOS/c1-2-7-16-10-14(6-3-8-17-11-14)9-12-4-5-13(15)18-12/h4-5,16H,2-3,6-11H2,1H3. The largest absolute Gasteiger partial charge is 0.381 e. The first-order valence-electron chi connectivity index (χ1n) is 6.77. The van der Waals surface area contributed by atoms with Crippen LogP contribution in [0.2, 0.25) is 4.34 Å². The lowest BCUT2D eigenvalue weighted by Gasteiger charge is -2.37. The number of rotatable bonds is 6. The average Bonchev–Trinajstić information content (AvgIpc) is 2.76. The van der Waals surface area contributed by atoms with Crippen LogP contribution in [-0.4, -0.2) is 26.3 Å². The fourth-order valence-corrected chi connectivity index (χ4v) is 3.86. The molecule has 0 saturated carbocycles. The second-order valence-corrected chi connectivity index (χ2v) is 7.02. The highest BCUT2D eigenvalue weighted by Gasteiger charge is 2.33. The van der Waals surface area contributed by atoms with Crippen LogP contribution in [-0.2, 0) is 11.2 Å². The fraction of sp³-hybridized carbons (Fsp3) is 0.714. The predicted molar refractivity (Wildman–Crippen MR) is 78.7 cm³/mol. The van der Waals surface area contributed by atoms with Gasteiger partial charge in [0, 0.05) is 23.4 Å². The van der Waals surface area contributed by atoms with Crippen LogP contribution in [0, 0.1) is 5.41 Å². The van der Waals surface area contributed by atoms with Crippen LogP contribution in [0.5, 0.6) is 0 Å². The van der Waals surface area contributed by atoms with Crippen molar-refractivity contribution in [2.24, 2.45) is 5.41 Å². The van der Waals surface area contributed by atoms with Crippen LogP contribution in [0.4, 0.5) is 0 Å². The zero-order chi connectivity index (χ0) is 12.8. The molecule has 102 valence electrons. The van der Waals surface area contributed by atoms with Gasteiger partial charge in [0.05, 0.1) is 10.9 Å². The summed E-state index contributed by atoms with van der Waals surface area (Å²) in [6.45, 7) is 6.14. The molecule has 2 heterocycles. The number of hydrogen-bond acceptors (Lipinski definition) is 3. The van der Waals surface area contributed by atoms with Crippen LogP contribution in [0.25, 0.3) is 0 Å². The Morgan fingerprint density at radius 3 is 3.00 bits per heavy atom. The molecule has 1 saturated heterocycles. The van der Waals surface area contributed by atoms with Gasteiger partial charge in [-0.1, -0.05) is 18.5 Å². The highest BCUT2D eigenvalue weighted by molar-refractivity contribution is 7.16. The highest BCUT2D eigenvalue weighted by atomic mass is 35.5. The summed E-state index contributed by atoms with van der Waals surface area (Å²) in [6, 6.07) is 4.15. The first-order chi connectivity index (χ1) is 8.74. The van der Waals surface area contributed by atoms with Crippen LogP contribution in [0.15, 0.2) is 12.1 Å². The third-order valence-corrected chi connectivity index (χ3v) is 4.74. The minimum atomic E-state index is 0.265. The average molecular weight is 288 g/mol. The van der Waals surface area contributed by atoms with E-state index < -0.39 is 0 Å². The molecule has 1 aliphatic rings. The van der Waals surface area contributed by atoms with Crippen LogP contribution in [0.3, 0.4) is 0 Å². The van der Waals surface area contributed by atoms with Crippen LogP contribution in [0.1, 0.15) is 31.1 Å². The Kier molecular flexibility index (Phi) is 5.49. The van der Waals surface area contributed by atoms with Gasteiger partial charge in [0.2, 0.25) is 0 Å². The minimum absolute atomic E-state index is 0.265. The van der Waals surface area contributed by atoms with E-state index in [2.05, 4.69) is 18.3 Å². The SMILES string of the molecule is CCCNCC1(Cc2ccc(Cl)s2)CCCOC1. The van der Waals surface area contributed by atoms with Gasteiger partial charge < -0.3 is 10.1 Å². The quantitative estimate of drug-likeness (QED) is 0.805. The Morgan fingerprint density at radius 1 is 1.50 bits per heavy atom. The van der Waals surface area contributed by atoms with Gasteiger partial charge in [0.1, 0.15) is 0 Å². The van der Waals surface area contributed by atoms with Gasteiger partial charge in [-0.05, 0) is 44.4 Å². The second-order valence-electron chi connectivity index (χ2n) is 5.22. The molecule has 2 rings (SSSR count). The molecule has 0 amide bonds. The summed E-state index contributed by atoms with van der Waals surface area (Å²) < 4.78 is 6.61. The van der Waals surface area contributed by atoms with E-state index >= 15 is 0 Å². The summed E-state index contributed by atoms with van der Waals surface area (Å²) in [6.07, 6.45) is 4.69. The first kappa shape index (κ1) is 14.3. The van der Waals surface area contributed by atoms with Crippen molar-refractivity contribution in [1.82, 2.24) is 5.32 Å². The maximum absolute atomic E-state index is 6.02. The smallest absolute Gasteiger partial charge is 0.0931 e.